The van der Waals surface area contributed by atoms with E-state index in [2.05, 4.69) is 25.3 Å². The van der Waals surface area contributed by atoms with E-state index in [0.717, 1.165) is 36.0 Å². The summed E-state index contributed by atoms with van der Waals surface area (Å²) in [6.07, 6.45) is 0.144. The lowest BCUT2D eigenvalue weighted by molar-refractivity contribution is 0.415. The maximum Gasteiger partial charge on any atom is 0.230 e. The predicted octanol–water partition coefficient (Wildman–Crippen LogP) is 5.09. The molecule has 1 aliphatic rings. The number of nitrogens with two attached hydrogens (primary N) is 1. The molecule has 37 heavy (non-hydrogen) atoms. The van der Waals surface area contributed by atoms with Crippen LogP contribution >= 0.6 is 23.1 Å². The Morgan fingerprint density at radius 1 is 0.919 bits per heavy atom. The van der Waals surface area contributed by atoms with Gasteiger partial charge in [0.1, 0.15) is 21.6 Å². The van der Waals surface area contributed by atoms with Gasteiger partial charge in [0, 0.05) is 5.92 Å². The number of rotatable bonds is 7. The van der Waals surface area contributed by atoms with E-state index < -0.39 is 34.3 Å². The molecule has 0 bridgehead atoms. The number of anilines is 1. The Morgan fingerprint density at radius 3 is 2.30 bits per heavy atom. The van der Waals surface area contributed by atoms with Gasteiger partial charge >= 0.3 is 0 Å². The summed E-state index contributed by atoms with van der Waals surface area (Å²) in [4.78, 5) is 6.24. The van der Waals surface area contributed by atoms with Crippen molar-refractivity contribution in [3.05, 3.63) is 100 Å². The van der Waals surface area contributed by atoms with E-state index in [9.17, 15) is 13.2 Å². The first kappa shape index (κ1) is 25.2. The van der Waals surface area contributed by atoms with Crippen LogP contribution in [0.3, 0.4) is 0 Å². The van der Waals surface area contributed by atoms with Gasteiger partial charge in [-0.05, 0) is 49.7 Å². The largest absolute Gasteiger partial charge is 0.330 e. The summed E-state index contributed by atoms with van der Waals surface area (Å²) in [5.41, 5.74) is 6.08. The summed E-state index contributed by atoms with van der Waals surface area (Å²) < 4.78 is 58.6. The molecule has 1 aromatic carbocycles. The quantitative estimate of drug-likeness (QED) is 0.255. The third-order valence-electron chi connectivity index (χ3n) is 5.75. The molecule has 0 radical (unpaired) electrons. The van der Waals surface area contributed by atoms with Gasteiger partial charge in [-0.25, -0.2) is 23.8 Å². The Balaban J connectivity index is 1.81. The molecule has 0 spiro atoms. The number of hydrogen-bond donors (Lipinski definition) is 1. The molecule has 0 aliphatic carbocycles. The van der Waals surface area contributed by atoms with Crippen molar-refractivity contribution in [1.82, 2.24) is 20.2 Å². The summed E-state index contributed by atoms with van der Waals surface area (Å²) in [5, 5.41) is 15.4. The van der Waals surface area contributed by atoms with Crippen LogP contribution in [0.1, 0.15) is 34.3 Å². The van der Waals surface area contributed by atoms with Crippen molar-refractivity contribution in [2.24, 2.45) is 10.8 Å². The van der Waals surface area contributed by atoms with E-state index >= 15 is 4.39 Å². The lowest BCUT2D eigenvalue weighted by Crippen LogP contribution is -2.44. The third-order valence-corrected chi connectivity index (χ3v) is 8.04. The first-order valence-electron chi connectivity index (χ1n) is 11.1. The smallest absolute Gasteiger partial charge is 0.230 e. The Bertz CT molecular complexity index is 1470. The van der Waals surface area contributed by atoms with Crippen LogP contribution in [0.5, 0.6) is 0 Å². The molecule has 0 amide bonds. The second-order valence-electron chi connectivity index (χ2n) is 8.08. The highest BCUT2D eigenvalue weighted by atomic mass is 32.2. The summed E-state index contributed by atoms with van der Waals surface area (Å²) >= 11 is 2.22. The van der Waals surface area contributed by atoms with E-state index in [1.54, 1.807) is 37.3 Å². The second kappa shape index (κ2) is 10.1. The number of pyridine rings is 2. The van der Waals surface area contributed by atoms with Gasteiger partial charge in [0.15, 0.2) is 10.7 Å². The predicted molar refractivity (Wildman–Crippen MR) is 134 cm³/mol. The minimum absolute atomic E-state index is 0.0209. The minimum Gasteiger partial charge on any atom is -0.330 e. The van der Waals surface area contributed by atoms with Gasteiger partial charge in [-0.2, -0.15) is 13.9 Å². The standard InChI is InChI=1S/C24H19F4N7S2/c1-13-32-33-23(36-13)35-24(14-5-3-2-4-6-14,15(11-12-29)20-16(25)7-9-18(27)30-20)37-22(34-35)21-17(26)8-10-19(28)31-21/h2-10,15H,11-12,29H2,1H3. The van der Waals surface area contributed by atoms with Crippen molar-refractivity contribution in [3.8, 4) is 0 Å². The second-order valence-corrected chi connectivity index (χ2v) is 10.5. The lowest BCUT2D eigenvalue weighted by Gasteiger charge is -2.41. The van der Waals surface area contributed by atoms with Crippen LogP contribution in [0.4, 0.5) is 22.7 Å². The average Bonchev–Trinajstić information content (AvgIpc) is 3.50. The summed E-state index contributed by atoms with van der Waals surface area (Å²) in [7, 11) is 0. The molecule has 7 nitrogen and oxygen atoms in total. The van der Waals surface area contributed by atoms with E-state index in [0.29, 0.717) is 15.7 Å². The number of aryl methyl sites for hydroxylation is 1. The summed E-state index contributed by atoms with van der Waals surface area (Å²) in [5.74, 6) is -4.22. The molecule has 0 saturated carbocycles. The molecule has 3 aromatic heterocycles. The van der Waals surface area contributed by atoms with Crippen molar-refractivity contribution in [2.45, 2.75) is 24.1 Å². The Labute approximate surface area is 217 Å². The van der Waals surface area contributed by atoms with Crippen molar-refractivity contribution < 1.29 is 17.6 Å². The average molecular weight is 546 g/mol. The molecule has 2 atom stereocenters. The van der Waals surface area contributed by atoms with E-state index in [1.807, 2.05) is 0 Å². The maximum absolute atomic E-state index is 15.3. The zero-order valence-electron chi connectivity index (χ0n) is 19.3. The fraction of sp³-hybridized carbons (Fsp3) is 0.208. The topological polar surface area (TPSA) is 93.2 Å². The van der Waals surface area contributed by atoms with Crippen molar-refractivity contribution in [3.63, 3.8) is 0 Å². The van der Waals surface area contributed by atoms with Gasteiger partial charge in [0.05, 0.1) is 5.69 Å². The molecule has 1 aliphatic heterocycles. The Kier molecular flexibility index (Phi) is 6.92. The van der Waals surface area contributed by atoms with E-state index in [4.69, 9.17) is 5.73 Å². The van der Waals surface area contributed by atoms with Gasteiger partial charge in [-0.1, -0.05) is 53.4 Å². The number of halogens is 4. The van der Waals surface area contributed by atoms with Crippen LogP contribution in [-0.2, 0) is 4.87 Å². The van der Waals surface area contributed by atoms with Gasteiger partial charge in [0.25, 0.3) is 0 Å². The molecular formula is C24H19F4N7S2. The van der Waals surface area contributed by atoms with Crippen LogP contribution in [-0.4, -0.2) is 31.8 Å². The zero-order valence-corrected chi connectivity index (χ0v) is 20.9. The van der Waals surface area contributed by atoms with Gasteiger partial charge in [0.2, 0.25) is 17.0 Å². The fourth-order valence-corrected chi connectivity index (χ4v) is 6.49. The van der Waals surface area contributed by atoms with Gasteiger partial charge in [-0.3, -0.25) is 0 Å². The van der Waals surface area contributed by atoms with Crippen molar-refractivity contribution in [1.29, 1.82) is 0 Å². The number of aromatic nitrogens is 4. The van der Waals surface area contributed by atoms with E-state index in [-0.39, 0.29) is 29.4 Å². The monoisotopic (exact) mass is 545 g/mol. The highest BCUT2D eigenvalue weighted by Gasteiger charge is 2.55. The molecule has 2 unspecified atom stereocenters. The highest BCUT2D eigenvalue weighted by Crippen LogP contribution is 2.58. The zero-order chi connectivity index (χ0) is 26.2. The third kappa shape index (κ3) is 4.58. The molecule has 4 heterocycles. The van der Waals surface area contributed by atoms with E-state index in [1.165, 1.54) is 16.3 Å². The molecule has 0 saturated heterocycles. The molecule has 2 N–H and O–H groups in total. The molecule has 13 heteroatoms. The number of thioether (sulfide) groups is 1. The summed E-state index contributed by atoms with van der Waals surface area (Å²) in [6.45, 7) is 1.83. The van der Waals surface area contributed by atoms with Crippen molar-refractivity contribution >= 4 is 33.3 Å². The minimum atomic E-state index is -1.38. The van der Waals surface area contributed by atoms with Crippen LogP contribution in [0.15, 0.2) is 59.7 Å². The van der Waals surface area contributed by atoms with Crippen LogP contribution in [0, 0.1) is 30.5 Å². The fourth-order valence-electron chi connectivity index (χ4n) is 4.24. The summed E-state index contributed by atoms with van der Waals surface area (Å²) in [6, 6.07) is 12.7. The van der Waals surface area contributed by atoms with Gasteiger partial charge < -0.3 is 5.73 Å². The molecular weight excluding hydrogens is 526 g/mol. The normalized spacial score (nSPS) is 18.2. The number of hydrogen-bond acceptors (Lipinski definition) is 9. The maximum atomic E-state index is 15.3. The van der Waals surface area contributed by atoms with Crippen LogP contribution in [0.2, 0.25) is 0 Å². The number of nitrogens with zero attached hydrogens (tertiary/aromatic N) is 6. The Hall–Kier alpha value is -3.42. The molecule has 190 valence electrons. The number of benzene rings is 1. The SMILES string of the molecule is Cc1nnc(N2N=C(c3nc(F)ccc3F)SC2(c2ccccc2)C(CCN)c2nc(F)ccc2F)s1. The highest BCUT2D eigenvalue weighted by molar-refractivity contribution is 8.15. The van der Waals surface area contributed by atoms with Crippen LogP contribution in [0.25, 0.3) is 0 Å². The first-order valence-corrected chi connectivity index (χ1v) is 12.7. The van der Waals surface area contributed by atoms with Crippen molar-refractivity contribution in [2.75, 3.05) is 11.6 Å². The molecule has 4 aromatic rings. The molecule has 5 rings (SSSR count). The number of hydrazone groups is 1. The molecule has 0 fully saturated rings. The first-order chi connectivity index (χ1) is 17.8. The van der Waals surface area contributed by atoms with Crippen LogP contribution < -0.4 is 10.7 Å². The lowest BCUT2D eigenvalue weighted by atomic mass is 9.85. The van der Waals surface area contributed by atoms with Gasteiger partial charge in [-0.15, -0.1) is 10.2 Å². The Morgan fingerprint density at radius 2 is 1.62 bits per heavy atom.